The van der Waals surface area contributed by atoms with Crippen molar-refractivity contribution in [1.82, 2.24) is 0 Å². The molecule has 6 heteroatoms. The lowest BCUT2D eigenvalue weighted by Crippen LogP contribution is -2.30. The Morgan fingerprint density at radius 1 is 0.459 bits per heavy atom. The second kappa shape index (κ2) is 41.7. The zero-order valence-electron chi connectivity index (χ0n) is 49.1. The normalized spacial score (nSPS) is 23.4. The average molecular weight is 1030 g/mol. The standard InChI is InChI=1S/C68H118O6/c1-5-8-11-13-15-16-17-18-19-20-21-22-26-32-39-46-66(69)72-54-60(55-73-67(70)47-40-33-27-24-23-25-30-36-43-62-58-50-49-57(52-58)61(62)42-35-10-7-3)74-68(71)48-41-34-28-31-38-45-64-63(44-37-29-14-12-9-6-2)59-51-56(4)65(64)53-59/h29-30,36-37,51,57-65H,5-28,31-35,38-50,52-55H2,1-4H3/b36-30-,37-29-. The molecule has 4 aliphatic carbocycles. The van der Waals surface area contributed by atoms with E-state index in [9.17, 15) is 14.4 Å². The number of ether oxygens (including phenoxy) is 3. The van der Waals surface area contributed by atoms with Crippen LogP contribution in [0.5, 0.6) is 0 Å². The van der Waals surface area contributed by atoms with Crippen molar-refractivity contribution in [3.05, 3.63) is 36.0 Å². The molecule has 6 nitrogen and oxygen atoms in total. The van der Waals surface area contributed by atoms with Gasteiger partial charge in [0.05, 0.1) is 0 Å². The van der Waals surface area contributed by atoms with E-state index in [4.69, 9.17) is 14.2 Å². The fraction of sp³-hybridized carbons (Fsp3) is 0.868. The third-order valence-corrected chi connectivity index (χ3v) is 18.6. The molecule has 0 aliphatic heterocycles. The van der Waals surface area contributed by atoms with E-state index in [0.29, 0.717) is 19.3 Å². The van der Waals surface area contributed by atoms with Gasteiger partial charge in [-0.05, 0) is 151 Å². The van der Waals surface area contributed by atoms with Crippen molar-refractivity contribution >= 4 is 17.9 Å². The fourth-order valence-electron chi connectivity index (χ4n) is 14.2. The second-order valence-electron chi connectivity index (χ2n) is 24.6. The molecule has 0 aromatic heterocycles. The van der Waals surface area contributed by atoms with Gasteiger partial charge in [-0.1, -0.05) is 224 Å². The monoisotopic (exact) mass is 1030 g/mol. The molecule has 0 aromatic carbocycles. The number of carbonyl (C=O) groups excluding carboxylic acids is 3. The molecule has 3 saturated carbocycles. The molecule has 9 atom stereocenters. The highest BCUT2D eigenvalue weighted by molar-refractivity contribution is 5.71. The first-order valence-electron chi connectivity index (χ1n) is 32.8. The lowest BCUT2D eigenvalue weighted by atomic mass is 9.75. The quantitative estimate of drug-likeness (QED) is 0.0261. The topological polar surface area (TPSA) is 78.9 Å². The van der Waals surface area contributed by atoms with Crippen LogP contribution in [-0.2, 0) is 28.6 Å². The summed E-state index contributed by atoms with van der Waals surface area (Å²) in [5.41, 5.74) is 1.63. The fourth-order valence-corrected chi connectivity index (χ4v) is 14.2. The number of esters is 3. The molecule has 0 heterocycles. The first kappa shape index (κ1) is 64.2. The van der Waals surface area contributed by atoms with Gasteiger partial charge < -0.3 is 14.2 Å². The molecule has 426 valence electrons. The Bertz CT molecular complexity index is 1530. The van der Waals surface area contributed by atoms with Gasteiger partial charge in [0, 0.05) is 19.3 Å². The number of unbranched alkanes of at least 4 members (excludes halogenated alkanes) is 28. The molecule has 0 saturated heterocycles. The zero-order chi connectivity index (χ0) is 52.7. The molecule has 4 aliphatic rings. The van der Waals surface area contributed by atoms with Gasteiger partial charge in [0.15, 0.2) is 6.10 Å². The maximum atomic E-state index is 13.1. The van der Waals surface area contributed by atoms with Crippen molar-refractivity contribution in [2.45, 2.75) is 316 Å². The van der Waals surface area contributed by atoms with Crippen molar-refractivity contribution in [3.8, 4) is 0 Å². The predicted octanol–water partition coefficient (Wildman–Crippen LogP) is 20.3. The van der Waals surface area contributed by atoms with Gasteiger partial charge in [-0.3, -0.25) is 14.4 Å². The van der Waals surface area contributed by atoms with Crippen molar-refractivity contribution in [2.24, 2.45) is 47.3 Å². The Balaban J connectivity index is 1.07. The molecule has 3 fully saturated rings. The first-order chi connectivity index (χ1) is 36.3. The molecule has 4 rings (SSSR count). The Kier molecular flexibility index (Phi) is 36.1. The van der Waals surface area contributed by atoms with Crippen LogP contribution in [-0.4, -0.2) is 37.2 Å². The summed E-state index contributed by atoms with van der Waals surface area (Å²) in [4.78, 5) is 38.8. The van der Waals surface area contributed by atoms with Crippen LogP contribution in [0, 0.1) is 47.3 Å². The van der Waals surface area contributed by atoms with Gasteiger partial charge in [0.2, 0.25) is 0 Å². The van der Waals surface area contributed by atoms with Crippen molar-refractivity contribution in [1.29, 1.82) is 0 Å². The summed E-state index contributed by atoms with van der Waals surface area (Å²) in [6.45, 7) is 9.09. The molecular formula is C68H118O6. The first-order valence-corrected chi connectivity index (χ1v) is 32.8. The van der Waals surface area contributed by atoms with Crippen molar-refractivity contribution < 1.29 is 28.6 Å². The minimum absolute atomic E-state index is 0.0698. The van der Waals surface area contributed by atoms with Crippen LogP contribution >= 0.6 is 0 Å². The number of allylic oxidation sites excluding steroid dienone is 6. The van der Waals surface area contributed by atoms with Gasteiger partial charge in [0.1, 0.15) is 13.2 Å². The number of hydrogen-bond acceptors (Lipinski definition) is 6. The van der Waals surface area contributed by atoms with Crippen molar-refractivity contribution in [3.63, 3.8) is 0 Å². The molecular weight excluding hydrogens is 913 g/mol. The highest BCUT2D eigenvalue weighted by atomic mass is 16.6. The molecule has 74 heavy (non-hydrogen) atoms. The maximum Gasteiger partial charge on any atom is 0.306 e. The lowest BCUT2D eigenvalue weighted by molar-refractivity contribution is -0.167. The van der Waals surface area contributed by atoms with E-state index in [2.05, 4.69) is 58.1 Å². The minimum Gasteiger partial charge on any atom is -0.462 e. The van der Waals surface area contributed by atoms with Gasteiger partial charge in [-0.2, -0.15) is 0 Å². The number of rotatable bonds is 49. The average Bonchev–Trinajstić information content (AvgIpc) is 4.19. The second-order valence-corrected chi connectivity index (χ2v) is 24.6. The smallest absolute Gasteiger partial charge is 0.306 e. The Morgan fingerprint density at radius 2 is 0.865 bits per heavy atom. The number of carbonyl (C=O) groups is 3. The molecule has 9 unspecified atom stereocenters. The Labute approximate surface area is 457 Å². The summed E-state index contributed by atoms with van der Waals surface area (Å²) in [6, 6.07) is 0. The predicted molar refractivity (Wildman–Crippen MR) is 312 cm³/mol. The molecule has 0 radical (unpaired) electrons. The van der Waals surface area contributed by atoms with E-state index >= 15 is 0 Å². The maximum absolute atomic E-state index is 13.1. The molecule has 0 N–H and O–H groups in total. The van der Waals surface area contributed by atoms with Crippen molar-refractivity contribution in [2.75, 3.05) is 13.2 Å². The van der Waals surface area contributed by atoms with E-state index in [1.54, 1.807) is 5.57 Å². The van der Waals surface area contributed by atoms with Crippen LogP contribution in [0.1, 0.15) is 310 Å². The van der Waals surface area contributed by atoms with Gasteiger partial charge >= 0.3 is 17.9 Å². The number of hydrogen-bond donors (Lipinski definition) is 0. The van der Waals surface area contributed by atoms with Gasteiger partial charge in [-0.15, -0.1) is 0 Å². The highest BCUT2D eigenvalue weighted by Gasteiger charge is 2.46. The third kappa shape index (κ3) is 27.3. The van der Waals surface area contributed by atoms with Gasteiger partial charge in [0.25, 0.3) is 0 Å². The molecule has 0 aromatic rings. The van der Waals surface area contributed by atoms with E-state index in [1.165, 1.54) is 199 Å². The number of fused-ring (bicyclic) bond motifs is 4. The van der Waals surface area contributed by atoms with E-state index in [0.717, 1.165) is 112 Å². The summed E-state index contributed by atoms with van der Waals surface area (Å²) >= 11 is 0. The van der Waals surface area contributed by atoms with Crippen LogP contribution in [0.2, 0.25) is 0 Å². The van der Waals surface area contributed by atoms with Gasteiger partial charge in [-0.25, -0.2) is 0 Å². The zero-order valence-corrected chi connectivity index (χ0v) is 49.1. The summed E-state index contributed by atoms with van der Waals surface area (Å²) in [7, 11) is 0. The summed E-state index contributed by atoms with van der Waals surface area (Å²) in [6.07, 6.45) is 64.2. The largest absolute Gasteiger partial charge is 0.462 e. The summed E-state index contributed by atoms with van der Waals surface area (Å²) in [5.74, 6) is 6.29. The van der Waals surface area contributed by atoms with E-state index in [1.807, 2.05) is 0 Å². The highest BCUT2D eigenvalue weighted by Crippen LogP contribution is 2.56. The van der Waals surface area contributed by atoms with Crippen LogP contribution in [0.4, 0.5) is 0 Å². The summed E-state index contributed by atoms with van der Waals surface area (Å²) < 4.78 is 17.1. The third-order valence-electron chi connectivity index (χ3n) is 18.6. The van der Waals surface area contributed by atoms with E-state index < -0.39 is 6.10 Å². The Hall–Kier alpha value is -2.37. The molecule has 0 amide bonds. The van der Waals surface area contributed by atoms with Crippen LogP contribution in [0.3, 0.4) is 0 Å². The lowest BCUT2D eigenvalue weighted by Gasteiger charge is -2.30. The SMILES string of the molecule is CCCCC/C=C\CC1C2C=C(C)C(C2)C1CCCCCCCC(=O)OC(COC(=O)CCCCCCC/C=C\CC1C2CCC(C2)C1CCCCC)COC(=O)CCCCCCCCCCCCCCCCC. The van der Waals surface area contributed by atoms with E-state index in [-0.39, 0.29) is 31.1 Å². The Morgan fingerprint density at radius 3 is 1.42 bits per heavy atom. The molecule has 4 bridgehead atoms. The summed E-state index contributed by atoms with van der Waals surface area (Å²) in [5, 5.41) is 0. The molecule has 0 spiro atoms. The minimum atomic E-state index is -0.779. The van der Waals surface area contributed by atoms with Crippen LogP contribution < -0.4 is 0 Å². The van der Waals surface area contributed by atoms with Crippen LogP contribution in [0.25, 0.3) is 0 Å². The van der Waals surface area contributed by atoms with Crippen LogP contribution in [0.15, 0.2) is 36.0 Å².